The first-order chi connectivity index (χ1) is 22.7. The molecule has 270 valence electrons. The number of carbonyl (C=O) groups is 4. The second-order valence-corrected chi connectivity index (χ2v) is 11.8. The fraction of sp³-hybridized carbons (Fsp3) is 0.576. The van der Waals surface area contributed by atoms with Gasteiger partial charge < -0.3 is 48.7 Å². The summed E-state index contributed by atoms with van der Waals surface area (Å²) < 4.78 is 0. The Morgan fingerprint density at radius 1 is 0.896 bits per heavy atom. The van der Waals surface area contributed by atoms with Crippen LogP contribution in [0.2, 0.25) is 0 Å². The van der Waals surface area contributed by atoms with Gasteiger partial charge in [-0.05, 0) is 57.6 Å². The topological polar surface area (TPSA) is 222 Å². The van der Waals surface area contributed by atoms with Crippen LogP contribution < -0.4 is 43.8 Å². The number of Topliss-reactive ketones (excluding diaryl/α,β-unsaturated/α-hetero) is 1. The third kappa shape index (κ3) is 18.3. The van der Waals surface area contributed by atoms with Crippen molar-refractivity contribution in [2.75, 3.05) is 27.2 Å². The second kappa shape index (κ2) is 25.0. The lowest BCUT2D eigenvalue weighted by Crippen LogP contribution is -2.58. The molecular weight excluding hydrogens is 632 g/mol. The van der Waals surface area contributed by atoms with Gasteiger partial charge in [0.1, 0.15) is 12.1 Å². The zero-order valence-corrected chi connectivity index (χ0v) is 30.0. The van der Waals surface area contributed by atoms with Crippen LogP contribution in [-0.2, 0) is 19.2 Å². The molecule has 4 unspecified atom stereocenters. The van der Waals surface area contributed by atoms with Gasteiger partial charge in [-0.15, -0.1) is 0 Å². The number of unbranched alkanes of at least 4 members (excludes halogenated alkanes) is 1. The van der Waals surface area contributed by atoms with Crippen molar-refractivity contribution < 1.29 is 19.2 Å². The molecule has 4 atom stereocenters. The third-order valence-corrected chi connectivity index (χ3v) is 7.50. The Hall–Kier alpha value is -4.08. The number of thiocarbonyl (C=S) groups is 1. The number of hydrogen-bond donors (Lipinski definition) is 8. The average Bonchev–Trinajstić information content (AvgIpc) is 3.03. The number of nitrogens with zero attached hydrogens (tertiary/aromatic N) is 2. The van der Waals surface area contributed by atoms with E-state index in [4.69, 9.17) is 29.4 Å². The van der Waals surface area contributed by atoms with Crippen molar-refractivity contribution in [1.82, 2.24) is 31.5 Å². The third-order valence-electron chi connectivity index (χ3n) is 7.19. The van der Waals surface area contributed by atoms with Crippen molar-refractivity contribution in [3.8, 4) is 0 Å². The van der Waals surface area contributed by atoms with E-state index in [1.165, 1.54) is 12.4 Å². The van der Waals surface area contributed by atoms with E-state index < -0.39 is 41.9 Å². The number of allylic oxidation sites excluding steroid dienone is 3. The SMILES string of the molecule is C=C/C=C(\C=C)CC(NC(=O)C(CCCCN)NC(=O)C(C/C(=C/NC)N(C)C=S)NC(=O)C(CCCN=C(N)N)NC(C)C)C(C)=O. The molecule has 0 fully saturated rings. The van der Waals surface area contributed by atoms with E-state index in [2.05, 4.69) is 44.7 Å². The number of aliphatic imine (C=N–C) groups is 1. The van der Waals surface area contributed by atoms with E-state index in [9.17, 15) is 19.2 Å². The fourth-order valence-corrected chi connectivity index (χ4v) is 4.77. The quantitative estimate of drug-likeness (QED) is 0.0206. The number of ketones is 1. The van der Waals surface area contributed by atoms with Crippen LogP contribution in [-0.4, -0.2) is 97.2 Å². The van der Waals surface area contributed by atoms with Crippen molar-refractivity contribution in [3.05, 3.63) is 48.9 Å². The number of nitrogens with one attached hydrogen (secondary N) is 5. The first-order valence-corrected chi connectivity index (χ1v) is 16.6. The van der Waals surface area contributed by atoms with Crippen LogP contribution in [0, 0.1) is 0 Å². The number of carbonyl (C=O) groups excluding carboxylic acids is 4. The zero-order valence-electron chi connectivity index (χ0n) is 29.2. The van der Waals surface area contributed by atoms with Crippen molar-refractivity contribution in [1.29, 1.82) is 0 Å². The maximum atomic E-state index is 14.0. The van der Waals surface area contributed by atoms with Crippen molar-refractivity contribution in [2.24, 2.45) is 22.2 Å². The highest BCUT2D eigenvalue weighted by atomic mass is 32.1. The van der Waals surface area contributed by atoms with Gasteiger partial charge in [-0.2, -0.15) is 0 Å². The molecule has 0 aromatic heterocycles. The van der Waals surface area contributed by atoms with Gasteiger partial charge in [0.25, 0.3) is 0 Å². The highest BCUT2D eigenvalue weighted by Gasteiger charge is 2.31. The Labute approximate surface area is 291 Å². The summed E-state index contributed by atoms with van der Waals surface area (Å²) in [4.78, 5) is 59.4. The van der Waals surface area contributed by atoms with E-state index >= 15 is 0 Å². The molecule has 14 nitrogen and oxygen atoms in total. The first kappa shape index (κ1) is 43.9. The maximum absolute atomic E-state index is 14.0. The Balaban J connectivity index is 6.43. The van der Waals surface area contributed by atoms with E-state index in [0.717, 1.165) is 0 Å². The maximum Gasteiger partial charge on any atom is 0.243 e. The van der Waals surface area contributed by atoms with E-state index in [1.807, 2.05) is 13.8 Å². The summed E-state index contributed by atoms with van der Waals surface area (Å²) in [5.41, 5.74) is 19.3. The highest BCUT2D eigenvalue weighted by molar-refractivity contribution is 7.78. The molecule has 15 heteroatoms. The predicted molar refractivity (Wildman–Crippen MR) is 198 cm³/mol. The molecular formula is C33H58N10O4S. The lowest BCUT2D eigenvalue weighted by molar-refractivity contribution is -0.133. The van der Waals surface area contributed by atoms with Gasteiger partial charge in [-0.25, -0.2) is 0 Å². The largest absolute Gasteiger partial charge is 0.393 e. The van der Waals surface area contributed by atoms with Crippen LogP contribution in [0.25, 0.3) is 0 Å². The molecule has 0 rings (SSSR count). The molecule has 0 aromatic rings. The monoisotopic (exact) mass is 690 g/mol. The summed E-state index contributed by atoms with van der Waals surface area (Å²) in [5.74, 6) is -1.82. The Kier molecular flexibility index (Phi) is 22.9. The number of amides is 3. The molecule has 48 heavy (non-hydrogen) atoms. The minimum Gasteiger partial charge on any atom is -0.393 e. The van der Waals surface area contributed by atoms with Gasteiger partial charge in [0.2, 0.25) is 17.7 Å². The van der Waals surface area contributed by atoms with Crippen LogP contribution in [0.15, 0.2) is 53.8 Å². The van der Waals surface area contributed by atoms with Gasteiger partial charge in [0, 0.05) is 45.0 Å². The standard InChI is InChI=1S/C33H58N10O4S/c1-8-13-24(9-2)18-28(23(5)44)41-31(46)27(14-10-11-16-34)40-32(47)29(19-25(20-37-6)43(7)21-48)42-30(45)26(39-22(3)4)15-12-17-38-33(35)36/h8-9,13,20-22,26-29,37,39H,1-2,10-12,14-19,34H2,3-7H3,(H,40,47)(H,41,46)(H,42,45)(H4,35,36,38)/b24-13+,25-20-. The van der Waals surface area contributed by atoms with E-state index in [0.29, 0.717) is 50.0 Å². The Morgan fingerprint density at radius 3 is 2.00 bits per heavy atom. The molecule has 0 spiro atoms. The molecule has 0 heterocycles. The molecule has 11 N–H and O–H groups in total. The van der Waals surface area contributed by atoms with Gasteiger partial charge in [0.05, 0.1) is 17.6 Å². The summed E-state index contributed by atoms with van der Waals surface area (Å²) in [6, 6.07) is -3.65. The molecule has 0 saturated heterocycles. The molecule has 0 aliphatic rings. The van der Waals surface area contributed by atoms with Crippen LogP contribution in [0.1, 0.15) is 65.7 Å². The minimum atomic E-state index is -1.10. The van der Waals surface area contributed by atoms with Gasteiger partial charge in [-0.3, -0.25) is 24.2 Å². The van der Waals surface area contributed by atoms with E-state index in [-0.39, 0.29) is 37.0 Å². The summed E-state index contributed by atoms with van der Waals surface area (Å²) in [5, 5.41) is 14.7. The zero-order chi connectivity index (χ0) is 36.6. The fourth-order valence-electron chi connectivity index (χ4n) is 4.63. The molecule has 0 radical (unpaired) electrons. The Morgan fingerprint density at radius 2 is 1.48 bits per heavy atom. The van der Waals surface area contributed by atoms with E-state index in [1.54, 1.807) is 43.4 Å². The smallest absolute Gasteiger partial charge is 0.243 e. The first-order valence-electron chi connectivity index (χ1n) is 16.2. The molecule has 3 amide bonds. The summed E-state index contributed by atoms with van der Waals surface area (Å²) >= 11 is 5.12. The van der Waals surface area contributed by atoms with Crippen LogP contribution in [0.3, 0.4) is 0 Å². The Bertz CT molecular complexity index is 1170. The lowest BCUT2D eigenvalue weighted by atomic mass is 10.0. The van der Waals surface area contributed by atoms with Gasteiger partial charge in [-0.1, -0.05) is 57.5 Å². The summed E-state index contributed by atoms with van der Waals surface area (Å²) in [7, 11) is 3.43. The second-order valence-electron chi connectivity index (χ2n) is 11.6. The molecule has 0 aliphatic carbocycles. The molecule has 0 bridgehead atoms. The number of nitrogens with two attached hydrogens (primary N) is 3. The highest BCUT2D eigenvalue weighted by Crippen LogP contribution is 2.13. The summed E-state index contributed by atoms with van der Waals surface area (Å²) in [6.45, 7) is 13.4. The van der Waals surface area contributed by atoms with Crippen molar-refractivity contribution in [3.63, 3.8) is 0 Å². The van der Waals surface area contributed by atoms with Gasteiger partial charge >= 0.3 is 0 Å². The van der Waals surface area contributed by atoms with Crippen molar-refractivity contribution >= 4 is 47.2 Å². The normalized spacial score (nSPS) is 14.1. The molecule has 0 aliphatic heterocycles. The number of rotatable bonds is 26. The van der Waals surface area contributed by atoms with Gasteiger partial charge in [0.15, 0.2) is 11.7 Å². The molecule has 0 saturated carbocycles. The van der Waals surface area contributed by atoms with Crippen LogP contribution >= 0.6 is 12.2 Å². The molecule has 0 aromatic carbocycles. The lowest BCUT2D eigenvalue weighted by Gasteiger charge is -2.28. The number of hydrogen-bond acceptors (Lipinski definition) is 9. The summed E-state index contributed by atoms with van der Waals surface area (Å²) in [6.07, 6.45) is 9.13. The van der Waals surface area contributed by atoms with Crippen molar-refractivity contribution in [2.45, 2.75) is 95.9 Å². The predicted octanol–water partition coefficient (Wildman–Crippen LogP) is 0.607. The average molecular weight is 691 g/mol. The van der Waals surface area contributed by atoms with Crippen LogP contribution in [0.4, 0.5) is 0 Å². The minimum absolute atomic E-state index is 0.0369. The number of guanidine groups is 1. The van der Waals surface area contributed by atoms with Crippen LogP contribution in [0.5, 0.6) is 0 Å².